The third-order valence-electron chi connectivity index (χ3n) is 3.09. The molecule has 0 aliphatic rings. The molecule has 0 aliphatic carbocycles. The first-order valence-corrected chi connectivity index (χ1v) is 8.39. The van der Waals surface area contributed by atoms with E-state index < -0.39 is 20.9 Å². The van der Waals surface area contributed by atoms with Crippen molar-refractivity contribution in [3.63, 3.8) is 0 Å². The number of hydrogen-bond donors (Lipinski definition) is 2. The summed E-state index contributed by atoms with van der Waals surface area (Å²) in [5.74, 6) is -0.823. The van der Waals surface area contributed by atoms with E-state index in [0.29, 0.717) is 10.6 Å². The summed E-state index contributed by atoms with van der Waals surface area (Å²) in [6, 6.07) is 9.15. The monoisotopic (exact) mass is 369 g/mol. The normalized spacial score (nSPS) is 11.1. The van der Waals surface area contributed by atoms with Gasteiger partial charge in [-0.1, -0.05) is 17.7 Å². The zero-order valence-corrected chi connectivity index (χ0v) is 13.9. The van der Waals surface area contributed by atoms with Crippen LogP contribution in [0.3, 0.4) is 0 Å². The molecule has 1 amide bonds. The van der Waals surface area contributed by atoms with Crippen LogP contribution in [0.4, 0.5) is 5.69 Å². The minimum atomic E-state index is -3.99. The van der Waals surface area contributed by atoms with Crippen LogP contribution in [0.5, 0.6) is 0 Å². The van der Waals surface area contributed by atoms with Crippen LogP contribution in [0, 0.1) is 17.0 Å². The summed E-state index contributed by atoms with van der Waals surface area (Å²) in [5, 5.41) is 11.2. The molecule has 2 aromatic carbocycles. The second kappa shape index (κ2) is 6.95. The fourth-order valence-electron chi connectivity index (χ4n) is 1.81. The number of hydrazine groups is 1. The number of hydrogen-bond acceptors (Lipinski definition) is 5. The summed E-state index contributed by atoms with van der Waals surface area (Å²) in [6.07, 6.45) is 0. The number of nitro benzene ring substituents is 1. The van der Waals surface area contributed by atoms with Crippen molar-refractivity contribution in [2.24, 2.45) is 0 Å². The molecule has 0 fully saturated rings. The van der Waals surface area contributed by atoms with Crippen LogP contribution in [-0.4, -0.2) is 19.2 Å². The Bertz CT molecular complexity index is 897. The van der Waals surface area contributed by atoms with E-state index in [1.807, 2.05) is 10.3 Å². The second-order valence-electron chi connectivity index (χ2n) is 4.77. The number of nitrogens with one attached hydrogen (secondary N) is 2. The smallest absolute Gasteiger partial charge is 0.273 e. The minimum absolute atomic E-state index is 0.0499. The van der Waals surface area contributed by atoms with Crippen molar-refractivity contribution >= 4 is 33.2 Å². The molecule has 126 valence electrons. The largest absolute Gasteiger partial charge is 0.273 e. The molecule has 0 radical (unpaired) electrons. The molecule has 2 aromatic rings. The molecule has 0 bridgehead atoms. The maximum Gasteiger partial charge on any atom is 0.273 e. The van der Waals surface area contributed by atoms with Gasteiger partial charge in [0.2, 0.25) is 0 Å². The van der Waals surface area contributed by atoms with Crippen LogP contribution in [0.2, 0.25) is 5.02 Å². The highest BCUT2D eigenvalue weighted by atomic mass is 35.5. The van der Waals surface area contributed by atoms with E-state index in [2.05, 4.69) is 0 Å². The molecule has 0 saturated carbocycles. The van der Waals surface area contributed by atoms with Crippen LogP contribution < -0.4 is 10.3 Å². The fraction of sp³-hybridized carbons (Fsp3) is 0.0714. The van der Waals surface area contributed by atoms with Gasteiger partial charge >= 0.3 is 0 Å². The Morgan fingerprint density at radius 2 is 1.79 bits per heavy atom. The summed E-state index contributed by atoms with van der Waals surface area (Å²) >= 11 is 5.68. The number of benzene rings is 2. The average molecular weight is 370 g/mol. The zero-order valence-electron chi connectivity index (χ0n) is 12.3. The first-order valence-electron chi connectivity index (χ1n) is 6.53. The van der Waals surface area contributed by atoms with E-state index in [4.69, 9.17) is 11.6 Å². The van der Waals surface area contributed by atoms with E-state index in [1.165, 1.54) is 43.3 Å². The van der Waals surface area contributed by atoms with Gasteiger partial charge in [0.25, 0.3) is 21.6 Å². The van der Waals surface area contributed by atoms with Crippen molar-refractivity contribution in [2.75, 3.05) is 0 Å². The quantitative estimate of drug-likeness (QED) is 0.618. The summed E-state index contributed by atoms with van der Waals surface area (Å²) < 4.78 is 24.1. The van der Waals surface area contributed by atoms with Gasteiger partial charge in [-0.05, 0) is 37.3 Å². The molecule has 0 aromatic heterocycles. The Morgan fingerprint density at radius 1 is 1.17 bits per heavy atom. The molecule has 0 heterocycles. The van der Waals surface area contributed by atoms with Crippen LogP contribution in [0.25, 0.3) is 0 Å². The molecule has 10 heteroatoms. The Kier molecular flexibility index (Phi) is 5.17. The lowest BCUT2D eigenvalue weighted by atomic mass is 10.1. The van der Waals surface area contributed by atoms with Crippen molar-refractivity contribution in [1.82, 2.24) is 10.3 Å². The Balaban J connectivity index is 2.14. The fourth-order valence-corrected chi connectivity index (χ4v) is 2.77. The van der Waals surface area contributed by atoms with Gasteiger partial charge in [-0.3, -0.25) is 20.3 Å². The Hall–Kier alpha value is -2.49. The Labute approximate surface area is 142 Å². The predicted molar refractivity (Wildman–Crippen MR) is 87.1 cm³/mol. The lowest BCUT2D eigenvalue weighted by molar-refractivity contribution is -0.385. The highest BCUT2D eigenvalue weighted by Gasteiger charge is 2.18. The minimum Gasteiger partial charge on any atom is -0.273 e. The van der Waals surface area contributed by atoms with Gasteiger partial charge in [0, 0.05) is 22.2 Å². The highest BCUT2D eigenvalue weighted by molar-refractivity contribution is 7.89. The first-order chi connectivity index (χ1) is 11.2. The standard InChI is InChI=1S/C14H12ClN3O5S/c1-9-2-3-10(8-13(9)18(20)21)14(19)16-17-24(22,23)12-6-4-11(15)5-7-12/h2-8,17H,1H3,(H,16,19). The van der Waals surface area contributed by atoms with Crippen LogP contribution in [0.15, 0.2) is 47.4 Å². The van der Waals surface area contributed by atoms with Crippen LogP contribution in [-0.2, 0) is 10.0 Å². The van der Waals surface area contributed by atoms with Crippen LogP contribution >= 0.6 is 11.6 Å². The lowest BCUT2D eigenvalue weighted by Gasteiger charge is -2.09. The van der Waals surface area contributed by atoms with Gasteiger partial charge in [-0.25, -0.2) is 8.42 Å². The number of amides is 1. The molecule has 8 nitrogen and oxygen atoms in total. The van der Waals surface area contributed by atoms with Gasteiger partial charge in [0.1, 0.15) is 0 Å². The SMILES string of the molecule is Cc1ccc(C(=O)NNS(=O)(=O)c2ccc(Cl)cc2)cc1[N+](=O)[O-]. The topological polar surface area (TPSA) is 118 Å². The number of carbonyl (C=O) groups is 1. The zero-order chi connectivity index (χ0) is 17.9. The number of rotatable bonds is 5. The van der Waals surface area contributed by atoms with E-state index >= 15 is 0 Å². The van der Waals surface area contributed by atoms with Crippen molar-refractivity contribution in [3.05, 3.63) is 68.7 Å². The van der Waals surface area contributed by atoms with E-state index in [9.17, 15) is 23.3 Å². The molecule has 2 N–H and O–H groups in total. The number of halogens is 1. The lowest BCUT2D eigenvalue weighted by Crippen LogP contribution is -2.41. The number of nitrogens with zero attached hydrogens (tertiary/aromatic N) is 1. The van der Waals surface area contributed by atoms with Crippen molar-refractivity contribution in [2.45, 2.75) is 11.8 Å². The maximum absolute atomic E-state index is 12.0. The van der Waals surface area contributed by atoms with Gasteiger partial charge in [-0.2, -0.15) is 0 Å². The van der Waals surface area contributed by atoms with Crippen molar-refractivity contribution in [3.8, 4) is 0 Å². The average Bonchev–Trinajstić information content (AvgIpc) is 2.53. The number of nitro groups is 1. The van der Waals surface area contributed by atoms with Crippen molar-refractivity contribution in [1.29, 1.82) is 0 Å². The van der Waals surface area contributed by atoms with Gasteiger partial charge < -0.3 is 0 Å². The maximum atomic E-state index is 12.0. The molecule has 2 rings (SSSR count). The highest BCUT2D eigenvalue weighted by Crippen LogP contribution is 2.19. The molecule has 24 heavy (non-hydrogen) atoms. The third kappa shape index (κ3) is 4.07. The second-order valence-corrected chi connectivity index (χ2v) is 6.89. The first kappa shape index (κ1) is 17.9. The van der Waals surface area contributed by atoms with Gasteiger partial charge in [-0.15, -0.1) is 4.83 Å². The molecule has 0 unspecified atom stereocenters. The summed E-state index contributed by atoms with van der Waals surface area (Å²) in [6.45, 7) is 1.53. The third-order valence-corrected chi connectivity index (χ3v) is 4.61. The Morgan fingerprint density at radius 3 is 2.38 bits per heavy atom. The molecule has 0 spiro atoms. The van der Waals surface area contributed by atoms with Crippen LogP contribution in [0.1, 0.15) is 15.9 Å². The van der Waals surface area contributed by atoms with E-state index in [0.717, 1.165) is 6.07 Å². The predicted octanol–water partition coefficient (Wildman–Crippen LogP) is 2.18. The molecular formula is C14H12ClN3O5S. The molecule has 0 saturated heterocycles. The molecule has 0 aliphatic heterocycles. The number of aryl methyl sites for hydroxylation is 1. The summed E-state index contributed by atoms with van der Waals surface area (Å²) in [7, 11) is -3.99. The molecule has 0 atom stereocenters. The number of sulfonamides is 1. The van der Waals surface area contributed by atoms with Crippen molar-refractivity contribution < 1.29 is 18.1 Å². The number of carbonyl (C=O) groups excluding carboxylic acids is 1. The van der Waals surface area contributed by atoms with Gasteiger partial charge in [0.05, 0.1) is 9.82 Å². The summed E-state index contributed by atoms with van der Waals surface area (Å²) in [4.78, 5) is 24.1. The van der Waals surface area contributed by atoms with E-state index in [1.54, 1.807) is 0 Å². The van der Waals surface area contributed by atoms with Gasteiger partial charge in [0.15, 0.2) is 0 Å². The van der Waals surface area contributed by atoms with E-state index in [-0.39, 0.29) is 16.1 Å². The summed E-state index contributed by atoms with van der Waals surface area (Å²) in [5.41, 5.74) is 2.11. The molecular weight excluding hydrogens is 358 g/mol.